The molecular formula is C17H24ClN3O3S. The van der Waals surface area contributed by atoms with Gasteiger partial charge in [0.05, 0.1) is 11.4 Å². The van der Waals surface area contributed by atoms with Crippen LogP contribution in [-0.2, 0) is 10.0 Å². The third kappa shape index (κ3) is 3.25. The topological polar surface area (TPSA) is 69.7 Å². The van der Waals surface area contributed by atoms with Gasteiger partial charge in [-0.15, -0.1) is 12.4 Å². The van der Waals surface area contributed by atoms with Crippen LogP contribution in [-0.4, -0.2) is 57.7 Å². The lowest BCUT2D eigenvalue weighted by molar-refractivity contribution is 0.0781. The van der Waals surface area contributed by atoms with Crippen molar-refractivity contribution < 1.29 is 13.2 Å². The fourth-order valence-electron chi connectivity index (χ4n) is 4.16. The molecule has 3 saturated heterocycles. The number of amides is 1. The number of nitrogens with one attached hydrogen (secondary N) is 1. The van der Waals surface area contributed by atoms with E-state index in [4.69, 9.17) is 0 Å². The highest BCUT2D eigenvalue weighted by Crippen LogP contribution is 2.30. The number of carbonyl (C=O) groups excluding carboxylic acids is 1. The van der Waals surface area contributed by atoms with Crippen LogP contribution in [0.4, 0.5) is 5.69 Å². The number of likely N-dealkylation sites (tertiary alicyclic amines) is 1. The van der Waals surface area contributed by atoms with E-state index in [0.717, 1.165) is 31.7 Å². The molecule has 0 radical (unpaired) electrons. The zero-order valence-electron chi connectivity index (χ0n) is 14.3. The summed E-state index contributed by atoms with van der Waals surface area (Å²) >= 11 is 0. The van der Waals surface area contributed by atoms with Gasteiger partial charge >= 0.3 is 0 Å². The molecular weight excluding hydrogens is 362 g/mol. The number of hydrogen-bond acceptors (Lipinski definition) is 4. The summed E-state index contributed by atoms with van der Waals surface area (Å²) in [5.41, 5.74) is 2.20. The van der Waals surface area contributed by atoms with Crippen molar-refractivity contribution in [3.8, 4) is 0 Å². The summed E-state index contributed by atoms with van der Waals surface area (Å²) in [6, 6.07) is 5.38. The van der Waals surface area contributed by atoms with Gasteiger partial charge in [0, 0.05) is 38.3 Å². The van der Waals surface area contributed by atoms with Gasteiger partial charge in [0.15, 0.2) is 0 Å². The first kappa shape index (κ1) is 18.5. The van der Waals surface area contributed by atoms with Crippen molar-refractivity contribution in [3.63, 3.8) is 0 Å². The Labute approximate surface area is 155 Å². The molecule has 3 aliphatic heterocycles. The van der Waals surface area contributed by atoms with Crippen molar-refractivity contribution >= 4 is 34.0 Å². The summed E-state index contributed by atoms with van der Waals surface area (Å²) < 4.78 is 25.6. The van der Waals surface area contributed by atoms with Crippen LogP contribution in [0.5, 0.6) is 0 Å². The maximum Gasteiger partial charge on any atom is 0.254 e. The van der Waals surface area contributed by atoms with E-state index in [1.807, 2.05) is 17.9 Å². The number of hydrogen-bond donors (Lipinski definition) is 1. The van der Waals surface area contributed by atoms with E-state index >= 15 is 0 Å². The number of benzene rings is 1. The molecule has 0 saturated carbocycles. The van der Waals surface area contributed by atoms with Crippen LogP contribution in [0.3, 0.4) is 0 Å². The van der Waals surface area contributed by atoms with Gasteiger partial charge in [-0.2, -0.15) is 0 Å². The maximum atomic E-state index is 12.8. The summed E-state index contributed by atoms with van der Waals surface area (Å²) in [7, 11) is -3.18. The van der Waals surface area contributed by atoms with Crippen LogP contribution < -0.4 is 9.62 Å². The molecule has 1 N–H and O–H groups in total. The molecule has 138 valence electrons. The normalized spacial score (nSPS) is 27.2. The minimum Gasteiger partial charge on any atom is -0.338 e. The molecule has 0 bridgehead atoms. The Kier molecular flexibility index (Phi) is 5.01. The third-order valence-electron chi connectivity index (χ3n) is 5.50. The Morgan fingerprint density at radius 1 is 1.20 bits per heavy atom. The fraction of sp³-hybridized carbons (Fsp3) is 0.588. The molecule has 8 heteroatoms. The molecule has 1 aromatic rings. The molecule has 6 nitrogen and oxygen atoms in total. The van der Waals surface area contributed by atoms with Crippen LogP contribution in [0, 0.1) is 18.8 Å². The fourth-order valence-corrected chi connectivity index (χ4v) is 5.72. The molecule has 0 aromatic heterocycles. The van der Waals surface area contributed by atoms with Gasteiger partial charge in [-0.05, 0) is 48.9 Å². The average molecular weight is 386 g/mol. The van der Waals surface area contributed by atoms with E-state index in [0.29, 0.717) is 36.1 Å². The standard InChI is InChI=1S/C17H23N3O3S.ClH/c1-12-7-15(20-5-2-6-24(20,22)23)3-4-16(12)17(21)19-10-13-8-18-9-14(13)11-19;/h3-4,7,13-14,18H,2,5-6,8-11H2,1H3;1H/t13-,14+;. The van der Waals surface area contributed by atoms with Crippen molar-refractivity contribution in [2.75, 3.05) is 42.8 Å². The van der Waals surface area contributed by atoms with Crippen LogP contribution in [0.1, 0.15) is 22.3 Å². The summed E-state index contributed by atoms with van der Waals surface area (Å²) in [6.45, 7) is 6.05. The number of nitrogens with zero attached hydrogens (tertiary/aromatic N) is 2. The van der Waals surface area contributed by atoms with Crippen molar-refractivity contribution in [2.45, 2.75) is 13.3 Å². The monoisotopic (exact) mass is 385 g/mol. The van der Waals surface area contributed by atoms with Crippen molar-refractivity contribution in [1.29, 1.82) is 0 Å². The Hall–Kier alpha value is -1.31. The second-order valence-electron chi connectivity index (χ2n) is 7.13. The number of anilines is 1. The van der Waals surface area contributed by atoms with Gasteiger partial charge < -0.3 is 10.2 Å². The molecule has 3 heterocycles. The molecule has 25 heavy (non-hydrogen) atoms. The summed E-state index contributed by atoms with van der Waals surface area (Å²) in [4.78, 5) is 14.8. The summed E-state index contributed by atoms with van der Waals surface area (Å²) in [6.07, 6.45) is 0.659. The van der Waals surface area contributed by atoms with Gasteiger partial charge in [0.25, 0.3) is 5.91 Å². The largest absolute Gasteiger partial charge is 0.338 e. The minimum absolute atomic E-state index is 0. The lowest BCUT2D eigenvalue weighted by Gasteiger charge is -2.21. The lowest BCUT2D eigenvalue weighted by Crippen LogP contribution is -2.32. The molecule has 3 fully saturated rings. The molecule has 0 aliphatic carbocycles. The number of fused-ring (bicyclic) bond motifs is 1. The first-order valence-corrected chi connectivity index (χ1v) is 10.2. The van der Waals surface area contributed by atoms with E-state index < -0.39 is 10.0 Å². The molecule has 0 unspecified atom stereocenters. The quantitative estimate of drug-likeness (QED) is 0.831. The highest BCUT2D eigenvalue weighted by Gasteiger charge is 2.38. The van der Waals surface area contributed by atoms with Crippen molar-refractivity contribution in [3.05, 3.63) is 29.3 Å². The van der Waals surface area contributed by atoms with Gasteiger partial charge in [-0.1, -0.05) is 0 Å². The summed E-state index contributed by atoms with van der Waals surface area (Å²) in [5, 5.41) is 3.38. The highest BCUT2D eigenvalue weighted by molar-refractivity contribution is 7.93. The van der Waals surface area contributed by atoms with Crippen LogP contribution in [0.2, 0.25) is 0 Å². The predicted molar refractivity (Wildman–Crippen MR) is 99.9 cm³/mol. The first-order valence-electron chi connectivity index (χ1n) is 8.57. The second-order valence-corrected chi connectivity index (χ2v) is 9.14. The van der Waals surface area contributed by atoms with Crippen molar-refractivity contribution in [1.82, 2.24) is 10.2 Å². The second kappa shape index (κ2) is 6.78. The number of halogens is 1. The van der Waals surface area contributed by atoms with Gasteiger partial charge in [-0.3, -0.25) is 9.10 Å². The molecule has 3 aliphatic rings. The molecule has 1 amide bonds. The first-order chi connectivity index (χ1) is 11.5. The minimum atomic E-state index is -3.18. The Bertz CT molecular complexity index is 771. The highest BCUT2D eigenvalue weighted by atomic mass is 35.5. The number of sulfonamides is 1. The summed E-state index contributed by atoms with van der Waals surface area (Å²) in [5.74, 6) is 1.42. The number of carbonyl (C=O) groups is 1. The SMILES string of the molecule is Cc1cc(N2CCCS2(=O)=O)ccc1C(=O)N1C[C@H]2CNC[C@H]2C1.Cl. The Balaban J connectivity index is 0.00000182. The zero-order chi connectivity index (χ0) is 16.9. The smallest absolute Gasteiger partial charge is 0.254 e. The van der Waals surface area contributed by atoms with Gasteiger partial charge in [0.2, 0.25) is 10.0 Å². The van der Waals surface area contributed by atoms with Crippen LogP contribution in [0.15, 0.2) is 18.2 Å². The Morgan fingerprint density at radius 3 is 2.44 bits per heavy atom. The molecule has 2 atom stereocenters. The molecule has 0 spiro atoms. The van der Waals surface area contributed by atoms with Gasteiger partial charge in [-0.25, -0.2) is 8.42 Å². The number of aryl methyl sites for hydroxylation is 1. The van der Waals surface area contributed by atoms with E-state index in [1.54, 1.807) is 12.1 Å². The number of rotatable bonds is 2. The van der Waals surface area contributed by atoms with E-state index in [9.17, 15) is 13.2 Å². The molecule has 1 aromatic carbocycles. The lowest BCUT2D eigenvalue weighted by atomic mass is 10.0. The third-order valence-corrected chi connectivity index (χ3v) is 7.37. The van der Waals surface area contributed by atoms with Crippen LogP contribution in [0.25, 0.3) is 0 Å². The average Bonchev–Trinajstić information content (AvgIpc) is 3.20. The van der Waals surface area contributed by atoms with E-state index in [2.05, 4.69) is 5.32 Å². The Morgan fingerprint density at radius 2 is 1.88 bits per heavy atom. The van der Waals surface area contributed by atoms with Gasteiger partial charge in [0.1, 0.15) is 0 Å². The van der Waals surface area contributed by atoms with E-state index in [-0.39, 0.29) is 24.1 Å². The van der Waals surface area contributed by atoms with E-state index in [1.165, 1.54) is 4.31 Å². The predicted octanol–water partition coefficient (Wildman–Crippen LogP) is 1.25. The zero-order valence-corrected chi connectivity index (χ0v) is 15.9. The maximum absolute atomic E-state index is 12.8. The van der Waals surface area contributed by atoms with Crippen molar-refractivity contribution in [2.24, 2.45) is 11.8 Å². The molecule has 4 rings (SSSR count). The van der Waals surface area contributed by atoms with Crippen LogP contribution >= 0.6 is 12.4 Å².